The lowest BCUT2D eigenvalue weighted by molar-refractivity contribution is 0.580. The quantitative estimate of drug-likeness (QED) is 0.0601. The summed E-state index contributed by atoms with van der Waals surface area (Å²) in [4.78, 5) is 27.6. The third-order valence-corrected chi connectivity index (χ3v) is 23.0. The molecule has 28 heteroatoms. The average Bonchev–Trinajstić information content (AvgIpc) is 1.80. The molecule has 0 amide bonds. The Morgan fingerprint density at radius 1 is 0.373 bits per heavy atom. The van der Waals surface area contributed by atoms with Gasteiger partial charge in [-0.3, -0.25) is 15.0 Å². The molecule has 0 aliphatic heterocycles. The molecule has 0 fully saturated rings. The Morgan fingerprint density at radius 3 is 1.14 bits per heavy atom. The number of halogens is 1. The van der Waals surface area contributed by atoms with E-state index in [0.29, 0.717) is 68.1 Å². The van der Waals surface area contributed by atoms with Crippen molar-refractivity contribution in [3.63, 3.8) is 0 Å². The van der Waals surface area contributed by atoms with Gasteiger partial charge < -0.3 is 29.2 Å². The molecule has 3 N–H and O–H groups in total. The van der Waals surface area contributed by atoms with Crippen LogP contribution in [0.5, 0.6) is 0 Å². The molecule has 0 spiro atoms. The summed E-state index contributed by atoms with van der Waals surface area (Å²) in [5.41, 5.74) is 13.9. The number of hydrogen-bond donors (Lipinski definition) is 3. The SMILES string of the molecule is CNCc1ccc(-c2nnc(-c3nc(-c4ccc(S(=O)(=O)C(C)C)cc4)cnc3C)o2)c(C)c1.CNCc1ccc(-c2nnc(-c3nc(-c4ccc(S(=O)(=O)C(C)C)cc4C)cnc3C)o2)cc1.CNCc1ccc(-c2nnc(-c3nc(-c4ccc(S(=O)(=O)C(C)C)cc4F)cnc3C)o2)cc1.[HH].[HH].[HH]. The van der Waals surface area contributed by atoms with Crippen LogP contribution in [0.3, 0.4) is 0 Å². The number of nitrogens with zero attached hydrogens (tertiary/aromatic N) is 12. The second-order valence-electron chi connectivity index (χ2n) is 24.9. The van der Waals surface area contributed by atoms with Gasteiger partial charge in [-0.25, -0.2) is 44.6 Å². The van der Waals surface area contributed by atoms with Crippen LogP contribution in [0.4, 0.5) is 4.39 Å². The summed E-state index contributed by atoms with van der Waals surface area (Å²) in [7, 11) is -4.61. The predicted octanol–water partition coefficient (Wildman–Crippen LogP) is 13.7. The Kier molecular flexibility index (Phi) is 23.1. The standard InChI is InChI=1S/2C25H27N5O3S.C24H24FN5O3S.3H2/c1-15(2)34(31,32)20-9-7-19(8-10-20)22-14-27-17(4)23(28-22)25-30-29-24(33-25)21-11-6-18(13-26-5)12-16(21)3;1-15(2)34(31,32)20-10-11-21(16(3)12-20)22-14-27-17(4)23(28-22)25-30-29-24(33-25)19-8-6-18(7-9-19)13-26-5;1-14(2)34(31,32)18-9-10-19(20(25)11-18)21-13-27-15(3)22(28-21)24-30-29-23(33-24)17-7-5-16(6-8-17)12-26-4;;;/h2*6-12,14-15,26H,13H2,1-5H3;5-11,13-14,26H,12H2,1-4H3;3*1H. The maximum atomic E-state index is 14.9. The van der Waals surface area contributed by atoms with Gasteiger partial charge in [-0.1, -0.05) is 54.6 Å². The van der Waals surface area contributed by atoms with E-state index in [-0.39, 0.29) is 43.0 Å². The van der Waals surface area contributed by atoms with Gasteiger partial charge >= 0.3 is 0 Å². The van der Waals surface area contributed by atoms with Crippen molar-refractivity contribution in [2.75, 3.05) is 21.1 Å². The number of rotatable bonds is 21. The monoisotopic (exact) mass is 1440 g/mol. The van der Waals surface area contributed by atoms with Crippen molar-refractivity contribution in [2.45, 2.75) is 126 Å². The summed E-state index contributed by atoms with van der Waals surface area (Å²) in [6.45, 7) is 21.3. The van der Waals surface area contributed by atoms with Crippen LogP contribution in [-0.4, -0.2) is 123 Å². The summed E-state index contributed by atoms with van der Waals surface area (Å²) < 4.78 is 107. The minimum atomic E-state index is -3.60. The topological polar surface area (TPSA) is 333 Å². The van der Waals surface area contributed by atoms with Crippen LogP contribution < -0.4 is 16.0 Å². The first-order chi connectivity index (χ1) is 48.6. The van der Waals surface area contributed by atoms with E-state index in [1.54, 1.807) is 103 Å². The van der Waals surface area contributed by atoms with Crippen LogP contribution >= 0.6 is 0 Å². The number of aromatic nitrogens is 12. The Hall–Kier alpha value is -10.4. The fourth-order valence-corrected chi connectivity index (χ4v) is 13.8. The molecule has 12 rings (SSSR count). The summed E-state index contributed by atoms with van der Waals surface area (Å²) in [5.74, 6) is 1.14. The van der Waals surface area contributed by atoms with E-state index in [1.165, 1.54) is 23.9 Å². The van der Waals surface area contributed by atoms with Gasteiger partial charge in [-0.05, 0) is 198 Å². The van der Waals surface area contributed by atoms with E-state index in [4.69, 9.17) is 23.2 Å². The van der Waals surface area contributed by atoms with E-state index >= 15 is 0 Å². The van der Waals surface area contributed by atoms with Gasteiger partial charge in [0.25, 0.3) is 17.7 Å². The maximum absolute atomic E-state index is 14.9. The lowest BCUT2D eigenvalue weighted by Crippen LogP contribution is -2.14. The molecule has 24 nitrogen and oxygen atoms in total. The lowest BCUT2D eigenvalue weighted by Gasteiger charge is -2.12. The first kappa shape index (κ1) is 74.3. The van der Waals surface area contributed by atoms with Gasteiger partial charge in [-0.15, -0.1) is 30.6 Å². The van der Waals surface area contributed by atoms with Crippen molar-refractivity contribution in [3.05, 3.63) is 197 Å². The smallest absolute Gasteiger partial charge is 0.268 e. The van der Waals surface area contributed by atoms with E-state index < -0.39 is 51.1 Å². The molecule has 6 heterocycles. The second kappa shape index (κ2) is 31.7. The highest BCUT2D eigenvalue weighted by Gasteiger charge is 2.26. The molecule has 0 aliphatic carbocycles. The molecule has 534 valence electrons. The minimum Gasteiger partial charge on any atom is -0.415 e. The third kappa shape index (κ3) is 16.7. The number of hydrogen-bond acceptors (Lipinski definition) is 24. The van der Waals surface area contributed by atoms with Crippen LogP contribution in [0.25, 0.3) is 103 Å². The van der Waals surface area contributed by atoms with Crippen LogP contribution in [0.2, 0.25) is 0 Å². The van der Waals surface area contributed by atoms with Crippen molar-refractivity contribution in [1.29, 1.82) is 0 Å². The Bertz CT molecular complexity index is 5140. The molecule has 0 saturated carbocycles. The van der Waals surface area contributed by atoms with E-state index in [9.17, 15) is 29.6 Å². The van der Waals surface area contributed by atoms with Crippen LogP contribution in [0.15, 0.2) is 174 Å². The van der Waals surface area contributed by atoms with E-state index in [2.05, 4.69) is 72.5 Å². The fraction of sp³-hybridized carbons (Fsp3) is 0.270. The molecular formula is C74H84FN15O9S3. The molecule has 0 atom stereocenters. The molecule has 6 aromatic heterocycles. The molecular weight excluding hydrogens is 1360 g/mol. The highest BCUT2D eigenvalue weighted by atomic mass is 32.2. The number of benzene rings is 6. The molecule has 12 aromatic rings. The molecule has 6 aromatic carbocycles. The normalized spacial score (nSPS) is 11.8. The van der Waals surface area contributed by atoms with Gasteiger partial charge in [0.1, 0.15) is 22.9 Å². The molecule has 0 saturated heterocycles. The molecule has 0 aliphatic rings. The van der Waals surface area contributed by atoms with Crippen molar-refractivity contribution in [1.82, 2.24) is 76.4 Å². The van der Waals surface area contributed by atoms with Crippen molar-refractivity contribution >= 4 is 29.5 Å². The van der Waals surface area contributed by atoms with Crippen LogP contribution in [-0.2, 0) is 49.1 Å². The van der Waals surface area contributed by atoms with Gasteiger partial charge in [0.05, 0.1) is 83.2 Å². The molecule has 102 heavy (non-hydrogen) atoms. The Labute approximate surface area is 596 Å². The van der Waals surface area contributed by atoms with Crippen LogP contribution in [0.1, 0.15) is 90.7 Å². The Morgan fingerprint density at radius 2 is 0.706 bits per heavy atom. The first-order valence-corrected chi connectivity index (χ1v) is 37.2. The zero-order valence-electron chi connectivity index (χ0n) is 58.9. The van der Waals surface area contributed by atoms with Gasteiger partial charge in [0.15, 0.2) is 29.5 Å². The largest absolute Gasteiger partial charge is 0.415 e. The lowest BCUT2D eigenvalue weighted by atomic mass is 10.1. The van der Waals surface area contributed by atoms with Gasteiger partial charge in [-0.2, -0.15) is 0 Å². The summed E-state index contributed by atoms with van der Waals surface area (Å²) in [6.07, 6.45) is 4.73. The average molecular weight is 1440 g/mol. The van der Waals surface area contributed by atoms with E-state index in [1.807, 2.05) is 110 Å². The number of sulfone groups is 3. The maximum Gasteiger partial charge on any atom is 0.268 e. The van der Waals surface area contributed by atoms with E-state index in [0.717, 1.165) is 75.8 Å². The van der Waals surface area contributed by atoms with Crippen molar-refractivity contribution < 1.29 is 47.2 Å². The third-order valence-electron chi connectivity index (χ3n) is 16.5. The molecule has 0 bridgehead atoms. The first-order valence-electron chi connectivity index (χ1n) is 32.6. The summed E-state index contributed by atoms with van der Waals surface area (Å²) in [5, 5.41) is 32.8. The zero-order valence-corrected chi connectivity index (χ0v) is 61.3. The van der Waals surface area contributed by atoms with Crippen LogP contribution in [0, 0.1) is 40.4 Å². The predicted molar refractivity (Wildman–Crippen MR) is 394 cm³/mol. The molecule has 0 radical (unpaired) electrons. The van der Waals surface area contributed by atoms with Crippen molar-refractivity contribution in [2.24, 2.45) is 0 Å². The summed E-state index contributed by atoms with van der Waals surface area (Å²) in [6, 6.07) is 37.2. The molecule has 0 unspecified atom stereocenters. The summed E-state index contributed by atoms with van der Waals surface area (Å²) >= 11 is 0. The Balaban J connectivity index is 0.000000217. The number of aryl methyl sites for hydroxylation is 5. The van der Waals surface area contributed by atoms with Crippen molar-refractivity contribution in [3.8, 4) is 103 Å². The number of nitrogens with one attached hydrogen (secondary N) is 3. The highest BCUT2D eigenvalue weighted by Crippen LogP contribution is 2.34. The highest BCUT2D eigenvalue weighted by molar-refractivity contribution is 7.92. The zero-order chi connectivity index (χ0) is 73.4. The minimum absolute atomic E-state index is 0. The van der Waals surface area contributed by atoms with Gasteiger partial charge in [0.2, 0.25) is 17.7 Å². The second-order valence-corrected chi connectivity index (χ2v) is 32.4. The fourth-order valence-electron chi connectivity index (χ4n) is 10.5. The van der Waals surface area contributed by atoms with Gasteiger partial charge in [0, 0.05) is 57.3 Å².